The Morgan fingerprint density at radius 3 is 1.80 bits per heavy atom. The van der Waals surface area contributed by atoms with Gasteiger partial charge in [-0.25, -0.2) is 0 Å². The maximum Gasteiger partial charge on any atom is 0.0695 e. The molecule has 0 aromatic heterocycles. The molecule has 1 rings (SSSR count). The van der Waals surface area contributed by atoms with Crippen molar-refractivity contribution in [3.63, 3.8) is 0 Å². The van der Waals surface area contributed by atoms with E-state index in [1.165, 1.54) is 0 Å². The van der Waals surface area contributed by atoms with Gasteiger partial charge in [0.25, 0.3) is 0 Å². The van der Waals surface area contributed by atoms with Gasteiger partial charge in [-0.05, 0) is 27.7 Å². The largest absolute Gasteiger partial charge is 0.292 e. The molecule has 1 aliphatic heterocycles. The Kier molecular flexibility index (Phi) is 1.78. The quantitative estimate of drug-likeness (QED) is 0.460. The molecular weight excluding hydrogens is 144 g/mol. The summed E-state index contributed by atoms with van der Waals surface area (Å²) in [4.78, 5) is 0. The number of hydrogen-bond donors (Lipinski definition) is 3. The Labute approximate surface area is 68.2 Å². The maximum atomic E-state index is 4.41. The minimum absolute atomic E-state index is 0.0237. The topological polar surface area (TPSA) is 24.1 Å². The van der Waals surface area contributed by atoms with Crippen LogP contribution in [0.25, 0.3) is 0 Å². The molecule has 1 unspecified atom stereocenters. The van der Waals surface area contributed by atoms with Gasteiger partial charge in [0.05, 0.1) is 11.0 Å². The van der Waals surface area contributed by atoms with E-state index >= 15 is 0 Å². The number of thiol groups is 1. The molecule has 0 aliphatic carbocycles. The van der Waals surface area contributed by atoms with E-state index in [4.69, 9.17) is 0 Å². The lowest BCUT2D eigenvalue weighted by Crippen LogP contribution is -2.46. The summed E-state index contributed by atoms with van der Waals surface area (Å²) in [6.07, 6.45) is 0. The third-order valence-corrected chi connectivity index (χ3v) is 2.59. The average Bonchev–Trinajstić information content (AvgIpc) is 1.73. The average molecular weight is 160 g/mol. The Hall–Kier alpha value is 0.270. The molecule has 0 bridgehead atoms. The molecule has 0 saturated carbocycles. The van der Waals surface area contributed by atoms with E-state index in [1.54, 1.807) is 0 Å². The minimum atomic E-state index is 0.0237. The molecule has 1 fully saturated rings. The van der Waals surface area contributed by atoms with Crippen molar-refractivity contribution in [3.8, 4) is 0 Å². The highest BCUT2D eigenvalue weighted by Crippen LogP contribution is 2.24. The van der Waals surface area contributed by atoms with E-state index in [2.05, 4.69) is 51.0 Å². The predicted molar refractivity (Wildman–Crippen MR) is 47.2 cm³/mol. The monoisotopic (exact) mass is 160 g/mol. The molecular formula is C7H16N2S. The van der Waals surface area contributed by atoms with Crippen molar-refractivity contribution in [1.29, 1.82) is 0 Å². The van der Waals surface area contributed by atoms with E-state index in [-0.39, 0.29) is 16.6 Å². The number of hydrogen-bond acceptors (Lipinski definition) is 3. The van der Waals surface area contributed by atoms with Crippen LogP contribution in [0.3, 0.4) is 0 Å². The minimum Gasteiger partial charge on any atom is -0.292 e. The molecule has 0 radical (unpaired) electrons. The Bertz CT molecular complexity index is 143. The van der Waals surface area contributed by atoms with Gasteiger partial charge in [0.2, 0.25) is 0 Å². The summed E-state index contributed by atoms with van der Waals surface area (Å²) in [7, 11) is 0. The van der Waals surface area contributed by atoms with E-state index in [9.17, 15) is 0 Å². The van der Waals surface area contributed by atoms with Crippen LogP contribution < -0.4 is 10.6 Å². The van der Waals surface area contributed by atoms with Gasteiger partial charge >= 0.3 is 0 Å². The lowest BCUT2D eigenvalue weighted by Gasteiger charge is -2.24. The van der Waals surface area contributed by atoms with E-state index in [0.717, 1.165) is 0 Å². The molecule has 2 N–H and O–H groups in total. The predicted octanol–water partition coefficient (Wildman–Crippen LogP) is 0.950. The summed E-state index contributed by atoms with van der Waals surface area (Å²) < 4.78 is 0. The lowest BCUT2D eigenvalue weighted by molar-refractivity contribution is 0.357. The van der Waals surface area contributed by atoms with Crippen molar-refractivity contribution in [3.05, 3.63) is 0 Å². The first kappa shape index (κ1) is 8.37. The fourth-order valence-electron chi connectivity index (χ4n) is 1.43. The van der Waals surface area contributed by atoms with Crippen LogP contribution in [0.2, 0.25) is 0 Å². The van der Waals surface area contributed by atoms with E-state index in [1.807, 2.05) is 0 Å². The first-order valence-corrected chi connectivity index (χ1v) is 4.10. The number of rotatable bonds is 0. The van der Waals surface area contributed by atoms with Crippen LogP contribution in [0, 0.1) is 0 Å². The van der Waals surface area contributed by atoms with Crippen LogP contribution in [0.4, 0.5) is 0 Å². The van der Waals surface area contributed by atoms with Crippen molar-refractivity contribution in [1.82, 2.24) is 10.6 Å². The molecule has 0 spiro atoms. The molecule has 1 aliphatic rings. The van der Waals surface area contributed by atoms with Crippen LogP contribution in [0.5, 0.6) is 0 Å². The molecule has 3 heteroatoms. The standard InChI is InChI=1S/C7H16N2S/c1-6(2)5(10)8-7(3,4)9-6/h5,8-10H,1-4H3. The summed E-state index contributed by atoms with van der Waals surface area (Å²) >= 11 is 4.41. The summed E-state index contributed by atoms with van der Waals surface area (Å²) in [5.41, 5.74) is 0.114. The van der Waals surface area contributed by atoms with Gasteiger partial charge in [-0.15, -0.1) is 0 Å². The molecule has 0 aromatic carbocycles. The molecule has 0 aromatic rings. The second kappa shape index (κ2) is 2.13. The summed E-state index contributed by atoms with van der Waals surface area (Å²) in [6, 6.07) is 0. The fourth-order valence-corrected chi connectivity index (χ4v) is 1.82. The molecule has 60 valence electrons. The molecule has 1 heterocycles. The van der Waals surface area contributed by atoms with Crippen LogP contribution >= 0.6 is 12.6 Å². The Morgan fingerprint density at radius 2 is 1.70 bits per heavy atom. The van der Waals surface area contributed by atoms with Gasteiger partial charge < -0.3 is 0 Å². The first-order valence-electron chi connectivity index (χ1n) is 3.59. The summed E-state index contributed by atoms with van der Waals surface area (Å²) in [5.74, 6) is 0. The van der Waals surface area contributed by atoms with E-state index < -0.39 is 0 Å². The zero-order valence-electron chi connectivity index (χ0n) is 7.02. The Morgan fingerprint density at radius 1 is 1.20 bits per heavy atom. The highest BCUT2D eigenvalue weighted by atomic mass is 32.1. The van der Waals surface area contributed by atoms with Crippen LogP contribution in [-0.2, 0) is 0 Å². The zero-order chi connectivity index (χ0) is 7.99. The molecule has 1 saturated heterocycles. The smallest absolute Gasteiger partial charge is 0.0695 e. The third kappa shape index (κ3) is 1.47. The van der Waals surface area contributed by atoms with Crippen LogP contribution in [0.15, 0.2) is 0 Å². The van der Waals surface area contributed by atoms with Crippen LogP contribution in [0.1, 0.15) is 27.7 Å². The van der Waals surface area contributed by atoms with Crippen molar-refractivity contribution >= 4 is 12.6 Å². The lowest BCUT2D eigenvalue weighted by atomic mass is 10.1. The molecule has 1 atom stereocenters. The Balaban J connectivity index is 2.71. The van der Waals surface area contributed by atoms with Crippen molar-refractivity contribution in [2.45, 2.75) is 44.3 Å². The normalized spacial score (nSPS) is 36.3. The van der Waals surface area contributed by atoms with Gasteiger partial charge in [0.15, 0.2) is 0 Å². The van der Waals surface area contributed by atoms with Crippen molar-refractivity contribution < 1.29 is 0 Å². The van der Waals surface area contributed by atoms with Crippen LogP contribution in [-0.4, -0.2) is 16.6 Å². The second-order valence-electron chi connectivity index (χ2n) is 4.02. The highest BCUT2D eigenvalue weighted by molar-refractivity contribution is 7.81. The van der Waals surface area contributed by atoms with Gasteiger partial charge in [-0.3, -0.25) is 10.6 Å². The van der Waals surface area contributed by atoms with Crippen molar-refractivity contribution in [2.24, 2.45) is 0 Å². The third-order valence-electron chi connectivity index (χ3n) is 1.82. The van der Waals surface area contributed by atoms with Gasteiger partial charge in [0, 0.05) is 5.54 Å². The van der Waals surface area contributed by atoms with Crippen molar-refractivity contribution in [2.75, 3.05) is 0 Å². The first-order chi connectivity index (χ1) is 4.33. The molecule has 10 heavy (non-hydrogen) atoms. The summed E-state index contributed by atoms with van der Waals surface area (Å²) in [6.45, 7) is 8.52. The maximum absolute atomic E-state index is 4.41. The fraction of sp³-hybridized carbons (Fsp3) is 1.00. The SMILES string of the molecule is CC1(C)NC(S)C(C)(C)N1. The second-order valence-corrected chi connectivity index (χ2v) is 4.53. The molecule has 2 nitrogen and oxygen atoms in total. The zero-order valence-corrected chi connectivity index (χ0v) is 7.92. The van der Waals surface area contributed by atoms with Gasteiger partial charge in [0.1, 0.15) is 0 Å². The van der Waals surface area contributed by atoms with Gasteiger partial charge in [-0.2, -0.15) is 12.6 Å². The molecule has 0 amide bonds. The summed E-state index contributed by atoms with van der Waals surface area (Å²) in [5, 5.41) is 7.01. The number of nitrogens with one attached hydrogen (secondary N) is 2. The highest BCUT2D eigenvalue weighted by Gasteiger charge is 2.41. The van der Waals surface area contributed by atoms with Gasteiger partial charge in [-0.1, -0.05) is 0 Å². The van der Waals surface area contributed by atoms with E-state index in [0.29, 0.717) is 0 Å².